The quantitative estimate of drug-likeness (QED) is 0.166. The Morgan fingerprint density at radius 2 is 1.28 bits per heavy atom. The molecule has 0 unspecified atom stereocenters. The third kappa shape index (κ3) is 4.22. The second-order valence-electron chi connectivity index (χ2n) is 7.64. The molecule has 1 aromatic heterocycles. The van der Waals surface area contributed by atoms with Crippen LogP contribution < -0.4 is 0 Å². The summed E-state index contributed by atoms with van der Waals surface area (Å²) in [5.41, 5.74) is 10.6. The molecule has 0 saturated heterocycles. The number of fused-ring (bicyclic) bond motifs is 5. The van der Waals surface area contributed by atoms with E-state index in [9.17, 15) is 0 Å². The summed E-state index contributed by atoms with van der Waals surface area (Å²) in [6.45, 7) is 0. The predicted octanol–water partition coefficient (Wildman–Crippen LogP) is 8.93. The van der Waals surface area contributed by atoms with Crippen LogP contribution in [0.5, 0.6) is 0 Å². The average molecular weight is 642 g/mol. The van der Waals surface area contributed by atoms with Gasteiger partial charge in [0.1, 0.15) is 0 Å². The van der Waals surface area contributed by atoms with Crippen molar-refractivity contribution in [1.29, 1.82) is 0 Å². The molecule has 0 bridgehead atoms. The normalized spacial score (nSPS) is 11.5. The van der Waals surface area contributed by atoms with E-state index in [0.717, 1.165) is 6.42 Å². The van der Waals surface area contributed by atoms with Gasteiger partial charge < -0.3 is 4.57 Å². The SMILES string of the molecule is [Cl][Hf]([Cl])[Cl].c1ccc(-c2ccc3c(c2)-c2c(c4ccccc4n2-c2ccccc2)C3)cc1. The van der Waals surface area contributed by atoms with Gasteiger partial charge in [0.25, 0.3) is 0 Å². The monoisotopic (exact) mass is 642 g/mol. The van der Waals surface area contributed by atoms with Gasteiger partial charge in [0, 0.05) is 23.1 Å². The number of halogens is 3. The Hall–Kier alpha value is -1.84. The van der Waals surface area contributed by atoms with Crippen molar-refractivity contribution < 1.29 is 17.9 Å². The van der Waals surface area contributed by atoms with E-state index in [0.29, 0.717) is 0 Å². The Kier molecular flexibility index (Phi) is 6.57. The largest absolute Gasteiger partial charge is 0.309 e. The van der Waals surface area contributed by atoms with Gasteiger partial charge in [-0.3, -0.25) is 0 Å². The van der Waals surface area contributed by atoms with Crippen LogP contribution >= 0.6 is 25.7 Å². The van der Waals surface area contributed by atoms with Crippen LogP contribution in [0.1, 0.15) is 11.1 Å². The maximum absolute atomic E-state index is 5.02. The van der Waals surface area contributed by atoms with E-state index >= 15 is 0 Å². The summed E-state index contributed by atoms with van der Waals surface area (Å²) in [5.74, 6) is 0. The average Bonchev–Trinajstić information content (AvgIpc) is 3.34. The van der Waals surface area contributed by atoms with Crippen molar-refractivity contribution in [2.45, 2.75) is 6.42 Å². The summed E-state index contributed by atoms with van der Waals surface area (Å²) in [4.78, 5) is 0. The predicted molar refractivity (Wildman–Crippen MR) is 135 cm³/mol. The molecule has 1 nitrogen and oxygen atoms in total. The molecule has 157 valence electrons. The second kappa shape index (κ2) is 9.57. The molecule has 0 atom stereocenters. The van der Waals surface area contributed by atoms with E-state index in [1.807, 2.05) is 0 Å². The van der Waals surface area contributed by atoms with E-state index in [1.165, 1.54) is 50.1 Å². The molecule has 0 radical (unpaired) electrons. The molecule has 32 heavy (non-hydrogen) atoms. The van der Waals surface area contributed by atoms with Crippen molar-refractivity contribution in [1.82, 2.24) is 4.57 Å². The molecule has 0 N–H and O–H groups in total. The number of benzene rings is 4. The van der Waals surface area contributed by atoms with Gasteiger partial charge in [-0.1, -0.05) is 78.9 Å². The molecular formula is C27H19Cl3HfN. The number of rotatable bonds is 2. The van der Waals surface area contributed by atoms with E-state index in [1.54, 1.807) is 0 Å². The topological polar surface area (TPSA) is 4.93 Å². The van der Waals surface area contributed by atoms with E-state index in [4.69, 9.17) is 25.7 Å². The van der Waals surface area contributed by atoms with E-state index in [-0.39, 0.29) is 0 Å². The van der Waals surface area contributed by atoms with Crippen LogP contribution in [0.2, 0.25) is 0 Å². The minimum absolute atomic E-state index is 1.00. The van der Waals surface area contributed by atoms with Crippen molar-refractivity contribution in [2.24, 2.45) is 0 Å². The van der Waals surface area contributed by atoms with Crippen molar-refractivity contribution in [2.75, 3.05) is 0 Å². The van der Waals surface area contributed by atoms with Crippen LogP contribution in [0, 0.1) is 0 Å². The number of hydrogen-bond acceptors (Lipinski definition) is 0. The standard InChI is InChI=1S/C27H19N.3ClH.Hf/c1-3-9-19(10-4-1)20-15-16-21-18-25-23-13-7-8-14-26(23)28(27(25)24(21)17-20)22-11-5-2-6-12-22;;;;/h1-17H,18H2;3*1H;/q;;;;+3/p-3. The molecule has 4 aromatic carbocycles. The van der Waals surface area contributed by atoms with Gasteiger partial charge in [-0.25, -0.2) is 0 Å². The minimum Gasteiger partial charge on any atom is -0.309 e. The molecular weight excluding hydrogens is 623 g/mol. The van der Waals surface area contributed by atoms with Crippen LogP contribution in [-0.4, -0.2) is 4.57 Å². The summed E-state index contributed by atoms with van der Waals surface area (Å²) in [5, 5.41) is 1.36. The number of hydrogen-bond donors (Lipinski definition) is 0. The molecule has 0 saturated carbocycles. The van der Waals surface area contributed by atoms with Crippen molar-refractivity contribution >= 4 is 36.6 Å². The van der Waals surface area contributed by atoms with Gasteiger partial charge in [0.05, 0.1) is 11.2 Å². The van der Waals surface area contributed by atoms with Crippen LogP contribution in [0.4, 0.5) is 0 Å². The molecule has 0 amide bonds. The van der Waals surface area contributed by atoms with Gasteiger partial charge in [0.2, 0.25) is 0 Å². The van der Waals surface area contributed by atoms with Gasteiger partial charge in [-0.05, 0) is 46.5 Å². The summed E-state index contributed by atoms with van der Waals surface area (Å²) >= 11 is -2.24. The van der Waals surface area contributed by atoms with Crippen LogP contribution in [-0.2, 0) is 24.3 Å². The third-order valence-electron chi connectivity index (χ3n) is 5.83. The number of para-hydroxylation sites is 2. The van der Waals surface area contributed by atoms with Gasteiger partial charge in [-0.15, -0.1) is 0 Å². The van der Waals surface area contributed by atoms with E-state index < -0.39 is 17.9 Å². The molecule has 6 rings (SSSR count). The molecule has 5 heteroatoms. The maximum atomic E-state index is 5.02. The first-order valence-electron chi connectivity index (χ1n) is 10.3. The van der Waals surface area contributed by atoms with E-state index in [2.05, 4.69) is 108 Å². The Bertz CT molecular complexity index is 1380. The summed E-state index contributed by atoms with van der Waals surface area (Å²) in [7, 11) is 15.1. The Morgan fingerprint density at radius 3 is 2.00 bits per heavy atom. The van der Waals surface area contributed by atoms with Gasteiger partial charge >= 0.3 is 43.6 Å². The smallest absolute Gasteiger partial charge is 0.0579 e. The molecule has 5 aromatic rings. The first-order valence-corrected chi connectivity index (χ1v) is 23.7. The molecule has 1 aliphatic carbocycles. The fourth-order valence-corrected chi connectivity index (χ4v) is 4.57. The number of nitrogens with zero attached hydrogens (tertiary/aromatic N) is 1. The minimum atomic E-state index is -2.24. The van der Waals surface area contributed by atoms with Crippen LogP contribution in [0.3, 0.4) is 0 Å². The summed E-state index contributed by atoms with van der Waals surface area (Å²) in [6.07, 6.45) is 1.00. The second-order valence-corrected chi connectivity index (χ2v) is 23.2. The molecule has 1 aliphatic rings. The molecule has 0 aliphatic heterocycles. The molecule has 0 spiro atoms. The van der Waals surface area contributed by atoms with Crippen molar-refractivity contribution in [3.63, 3.8) is 0 Å². The number of aromatic nitrogens is 1. The molecule has 1 heterocycles. The third-order valence-corrected chi connectivity index (χ3v) is 5.83. The van der Waals surface area contributed by atoms with Crippen molar-refractivity contribution in [3.05, 3.63) is 114 Å². The Balaban J connectivity index is 0.000000501. The maximum Gasteiger partial charge on any atom is 0.0579 e. The molecule has 0 fully saturated rings. The van der Waals surface area contributed by atoms with Gasteiger partial charge in [-0.2, -0.15) is 0 Å². The van der Waals surface area contributed by atoms with Crippen molar-refractivity contribution in [3.8, 4) is 28.1 Å². The first-order chi connectivity index (χ1) is 15.6. The zero-order valence-corrected chi connectivity index (χ0v) is 23.0. The van der Waals surface area contributed by atoms with Gasteiger partial charge in [0.15, 0.2) is 0 Å². The fourth-order valence-electron chi connectivity index (χ4n) is 4.57. The Labute approximate surface area is 206 Å². The fraction of sp³-hybridized carbons (Fsp3) is 0.0370. The van der Waals surface area contributed by atoms with Crippen LogP contribution in [0.15, 0.2) is 103 Å². The Morgan fingerprint density at radius 1 is 0.656 bits per heavy atom. The zero-order valence-electron chi connectivity index (χ0n) is 17.1. The first kappa shape index (κ1) is 22.0. The van der Waals surface area contributed by atoms with Crippen LogP contribution in [0.25, 0.3) is 39.0 Å². The summed E-state index contributed by atoms with van der Waals surface area (Å²) < 4.78 is 2.44. The summed E-state index contributed by atoms with van der Waals surface area (Å²) in [6, 6.07) is 37.1. The zero-order chi connectivity index (χ0) is 22.1.